The van der Waals surface area contributed by atoms with Crippen LogP contribution in [-0.4, -0.2) is 38.5 Å². The van der Waals surface area contributed by atoms with E-state index in [1.165, 1.54) is 12.3 Å². The van der Waals surface area contributed by atoms with Crippen LogP contribution in [0.15, 0.2) is 23.3 Å². The van der Waals surface area contributed by atoms with Crippen molar-refractivity contribution in [3.05, 3.63) is 24.0 Å². The van der Waals surface area contributed by atoms with Crippen molar-refractivity contribution in [3.63, 3.8) is 0 Å². The zero-order valence-electron chi connectivity index (χ0n) is 10.00. The zero-order valence-corrected chi connectivity index (χ0v) is 10.00. The van der Waals surface area contributed by atoms with E-state index in [0.717, 1.165) is 0 Å². The van der Waals surface area contributed by atoms with E-state index in [9.17, 15) is 15.0 Å². The van der Waals surface area contributed by atoms with Gasteiger partial charge in [0.25, 0.3) is 0 Å². The molecule has 96 valence electrons. The maximum atomic E-state index is 11.2. The van der Waals surface area contributed by atoms with Crippen molar-refractivity contribution in [2.75, 3.05) is 0 Å². The third-order valence-corrected chi connectivity index (χ3v) is 3.18. The fourth-order valence-electron chi connectivity index (χ4n) is 2.07. The first-order valence-corrected chi connectivity index (χ1v) is 5.72. The van der Waals surface area contributed by atoms with Crippen LogP contribution in [0, 0.1) is 0 Å². The number of nitrogens with zero attached hydrogens (tertiary/aromatic N) is 2. The molecule has 1 aromatic heterocycles. The molecule has 2 heterocycles. The molecule has 1 aromatic rings. The Morgan fingerprint density at radius 2 is 2.39 bits per heavy atom. The van der Waals surface area contributed by atoms with Crippen LogP contribution in [0.3, 0.4) is 0 Å². The Morgan fingerprint density at radius 1 is 1.67 bits per heavy atom. The molecule has 0 spiro atoms. The second-order valence-electron chi connectivity index (χ2n) is 4.36. The zero-order chi connectivity index (χ0) is 13.3. The summed E-state index contributed by atoms with van der Waals surface area (Å²) in [5.41, 5.74) is 4.37. The van der Waals surface area contributed by atoms with Gasteiger partial charge in [0.15, 0.2) is 0 Å². The lowest BCUT2D eigenvalue weighted by Gasteiger charge is -2.23. The number of aliphatic hydroxyl groups is 1. The topological polar surface area (TPSA) is 109 Å². The summed E-state index contributed by atoms with van der Waals surface area (Å²) >= 11 is 0. The highest BCUT2D eigenvalue weighted by molar-refractivity contribution is 6.09. The Balaban J connectivity index is 2.49. The summed E-state index contributed by atoms with van der Waals surface area (Å²) in [6.07, 6.45) is 1.99. The van der Waals surface area contributed by atoms with Crippen molar-refractivity contribution in [2.45, 2.75) is 31.4 Å². The van der Waals surface area contributed by atoms with Crippen LogP contribution >= 0.6 is 0 Å². The fraction of sp³-hybridized carbons (Fsp3) is 0.417. The van der Waals surface area contributed by atoms with Crippen LogP contribution in [-0.2, 0) is 4.79 Å². The average Bonchev–Trinajstić information content (AvgIpc) is 2.69. The van der Waals surface area contributed by atoms with Crippen LogP contribution in [0.5, 0.6) is 5.75 Å². The fourth-order valence-corrected chi connectivity index (χ4v) is 2.07. The summed E-state index contributed by atoms with van der Waals surface area (Å²) < 4.78 is 0. The first-order chi connectivity index (χ1) is 8.48. The van der Waals surface area contributed by atoms with Gasteiger partial charge in [-0.25, -0.2) is 0 Å². The standard InChI is InChI=1S/C12H15N3O3/c1-2-12(18)6-7(11(13)17)15-10(12)9-8(16)4-3-5-14-9/h3-5,7,16,18H,2,6H2,1H3,(H2,13,17)/t7-,12-/m1/s1. The van der Waals surface area contributed by atoms with E-state index < -0.39 is 17.6 Å². The normalized spacial score (nSPS) is 27.0. The van der Waals surface area contributed by atoms with Gasteiger partial charge in [-0.1, -0.05) is 6.92 Å². The molecule has 0 fully saturated rings. The number of carbonyl (C=O) groups is 1. The molecule has 0 bridgehead atoms. The van der Waals surface area contributed by atoms with Crippen LogP contribution in [0.25, 0.3) is 0 Å². The largest absolute Gasteiger partial charge is 0.506 e. The highest BCUT2D eigenvalue weighted by atomic mass is 16.3. The molecule has 0 saturated carbocycles. The lowest BCUT2D eigenvalue weighted by molar-refractivity contribution is -0.119. The van der Waals surface area contributed by atoms with Gasteiger partial charge in [0, 0.05) is 12.6 Å². The van der Waals surface area contributed by atoms with Gasteiger partial charge in [-0.15, -0.1) is 0 Å². The molecular weight excluding hydrogens is 234 g/mol. The summed E-state index contributed by atoms with van der Waals surface area (Å²) in [7, 11) is 0. The number of carbonyl (C=O) groups excluding carboxylic acids is 1. The van der Waals surface area contributed by atoms with Crippen molar-refractivity contribution < 1.29 is 15.0 Å². The van der Waals surface area contributed by atoms with Gasteiger partial charge in [0.1, 0.15) is 23.1 Å². The third kappa shape index (κ3) is 1.95. The van der Waals surface area contributed by atoms with Gasteiger partial charge in [-0.3, -0.25) is 14.8 Å². The van der Waals surface area contributed by atoms with Gasteiger partial charge >= 0.3 is 0 Å². The minimum atomic E-state index is -1.27. The Kier molecular flexibility index (Phi) is 3.04. The molecule has 0 radical (unpaired) electrons. The molecular formula is C12H15N3O3. The minimum absolute atomic E-state index is 0.0757. The molecule has 1 aliphatic heterocycles. The predicted molar refractivity (Wildman–Crippen MR) is 65.3 cm³/mol. The quantitative estimate of drug-likeness (QED) is 0.699. The number of aromatic nitrogens is 1. The number of primary amides is 1. The van der Waals surface area contributed by atoms with E-state index in [0.29, 0.717) is 6.42 Å². The molecule has 4 N–H and O–H groups in total. The molecule has 0 unspecified atom stereocenters. The molecule has 0 aromatic carbocycles. The van der Waals surface area contributed by atoms with Crippen molar-refractivity contribution in [1.29, 1.82) is 0 Å². The van der Waals surface area contributed by atoms with Crippen molar-refractivity contribution in [1.82, 2.24) is 4.98 Å². The number of amides is 1. The SMILES string of the molecule is CC[C@@]1(O)C[C@H](C(N)=O)N=C1c1ncccc1O. The minimum Gasteiger partial charge on any atom is -0.506 e. The van der Waals surface area contributed by atoms with E-state index in [2.05, 4.69) is 9.98 Å². The average molecular weight is 249 g/mol. The van der Waals surface area contributed by atoms with Crippen LogP contribution in [0.4, 0.5) is 0 Å². The molecule has 2 atom stereocenters. The maximum absolute atomic E-state index is 11.2. The highest BCUT2D eigenvalue weighted by Gasteiger charge is 2.44. The number of aromatic hydroxyl groups is 1. The molecule has 6 nitrogen and oxygen atoms in total. The van der Waals surface area contributed by atoms with Gasteiger partial charge in [0.05, 0.1) is 5.71 Å². The summed E-state index contributed by atoms with van der Waals surface area (Å²) in [6.45, 7) is 1.78. The van der Waals surface area contributed by atoms with E-state index in [1.54, 1.807) is 13.0 Å². The molecule has 18 heavy (non-hydrogen) atoms. The smallest absolute Gasteiger partial charge is 0.242 e. The Hall–Kier alpha value is -1.95. The van der Waals surface area contributed by atoms with Gasteiger partial charge in [-0.2, -0.15) is 0 Å². The summed E-state index contributed by atoms with van der Waals surface area (Å²) in [6, 6.07) is 2.26. The van der Waals surface area contributed by atoms with Gasteiger partial charge in [-0.05, 0) is 18.6 Å². The van der Waals surface area contributed by atoms with Crippen molar-refractivity contribution in [3.8, 4) is 5.75 Å². The molecule has 0 saturated heterocycles. The molecule has 1 aliphatic rings. The Bertz CT molecular complexity index is 515. The number of hydrogen-bond acceptors (Lipinski definition) is 5. The second-order valence-corrected chi connectivity index (χ2v) is 4.36. The van der Waals surface area contributed by atoms with Crippen LogP contribution in [0.1, 0.15) is 25.5 Å². The van der Waals surface area contributed by atoms with Gasteiger partial charge in [0.2, 0.25) is 5.91 Å². The lowest BCUT2D eigenvalue weighted by atomic mass is 9.89. The van der Waals surface area contributed by atoms with Crippen molar-refractivity contribution >= 4 is 11.6 Å². The van der Waals surface area contributed by atoms with Crippen LogP contribution < -0.4 is 5.73 Å². The number of rotatable bonds is 3. The first kappa shape index (κ1) is 12.5. The molecule has 6 heteroatoms. The number of nitrogens with two attached hydrogens (primary N) is 1. The summed E-state index contributed by atoms with van der Waals surface area (Å²) in [4.78, 5) is 19.3. The summed E-state index contributed by atoms with van der Waals surface area (Å²) in [5.74, 6) is -0.666. The van der Waals surface area contributed by atoms with E-state index in [1.807, 2.05) is 0 Å². The maximum Gasteiger partial charge on any atom is 0.242 e. The first-order valence-electron chi connectivity index (χ1n) is 5.72. The molecule has 2 rings (SSSR count). The van der Waals surface area contributed by atoms with Crippen molar-refractivity contribution in [2.24, 2.45) is 10.7 Å². The second kappa shape index (κ2) is 4.38. The van der Waals surface area contributed by atoms with Gasteiger partial charge < -0.3 is 15.9 Å². The monoisotopic (exact) mass is 249 g/mol. The molecule has 1 amide bonds. The summed E-state index contributed by atoms with van der Waals surface area (Å²) in [5, 5.41) is 20.2. The van der Waals surface area contributed by atoms with E-state index in [-0.39, 0.29) is 23.6 Å². The third-order valence-electron chi connectivity index (χ3n) is 3.18. The Morgan fingerprint density at radius 3 is 2.94 bits per heavy atom. The van der Waals surface area contributed by atoms with E-state index in [4.69, 9.17) is 5.73 Å². The Labute approximate surface area is 104 Å². The predicted octanol–water partition coefficient (Wildman–Crippen LogP) is -0.0250. The lowest BCUT2D eigenvalue weighted by Crippen LogP contribution is -2.37. The number of pyridine rings is 1. The number of hydrogen-bond donors (Lipinski definition) is 3. The number of aliphatic imine (C=N–C) groups is 1. The van der Waals surface area contributed by atoms with E-state index >= 15 is 0 Å². The molecule has 0 aliphatic carbocycles. The highest BCUT2D eigenvalue weighted by Crippen LogP contribution is 2.33. The van der Waals surface area contributed by atoms with Crippen LogP contribution in [0.2, 0.25) is 0 Å².